The van der Waals surface area contributed by atoms with Gasteiger partial charge in [-0.15, -0.1) is 0 Å². The minimum Gasteiger partial charge on any atom is -0.480 e. The summed E-state index contributed by atoms with van der Waals surface area (Å²) in [5.41, 5.74) is 7.97. The lowest BCUT2D eigenvalue weighted by atomic mass is 9.97. The normalized spacial score (nSPS) is 22.5. The van der Waals surface area contributed by atoms with E-state index in [2.05, 4.69) is 45.3 Å². The van der Waals surface area contributed by atoms with Crippen molar-refractivity contribution in [1.82, 2.24) is 15.8 Å². The topological polar surface area (TPSA) is 76.6 Å². The van der Waals surface area contributed by atoms with Gasteiger partial charge < -0.3 is 15.7 Å². The highest BCUT2D eigenvalue weighted by atomic mass is 16.4. The average Bonchev–Trinajstić information content (AvgIpc) is 3.22. The number of rotatable bonds is 7. The van der Waals surface area contributed by atoms with Gasteiger partial charge in [-0.3, -0.25) is 4.79 Å². The molecule has 2 aliphatic heterocycles. The molecule has 2 unspecified atom stereocenters. The molecule has 4 rings (SSSR count). The first-order chi connectivity index (χ1) is 14.2. The number of carboxylic acid groups (broad SMARTS) is 1. The number of carbonyl (C=O) groups is 1. The fourth-order valence-electron chi connectivity index (χ4n) is 4.34. The summed E-state index contributed by atoms with van der Waals surface area (Å²) < 4.78 is 0. The number of hydrazine groups is 1. The van der Waals surface area contributed by atoms with Gasteiger partial charge in [-0.2, -0.15) is 0 Å². The Bertz CT molecular complexity index is 821. The highest BCUT2D eigenvalue weighted by Gasteiger charge is 2.26. The molecule has 0 saturated carbocycles. The number of piperidine rings is 1. The van der Waals surface area contributed by atoms with Crippen LogP contribution in [0.4, 0.5) is 5.69 Å². The molecule has 0 aliphatic carbocycles. The molecule has 2 aromatic rings. The second kappa shape index (κ2) is 9.39. The van der Waals surface area contributed by atoms with Gasteiger partial charge in [0.2, 0.25) is 0 Å². The molecule has 0 bridgehead atoms. The maximum Gasteiger partial charge on any atom is 0.322 e. The predicted octanol–water partition coefficient (Wildman–Crippen LogP) is 3.10. The van der Waals surface area contributed by atoms with Crippen molar-refractivity contribution in [2.75, 3.05) is 38.0 Å². The van der Waals surface area contributed by atoms with Gasteiger partial charge in [-0.25, -0.2) is 10.4 Å². The zero-order valence-corrected chi connectivity index (χ0v) is 16.7. The standard InChI is InChI=1S/C23H30N4O2/c28-23(29)15-25-21-12-19(18-6-2-1-3-7-18)11-20(13-21)22-8-10-27(26-22)16-17-5-4-9-24-14-17/h1-3,6-7,11-13,17,22,24-26H,4-5,8-10,14-16H2,(H,28,29). The maximum absolute atomic E-state index is 11.0. The monoisotopic (exact) mass is 394 g/mol. The number of carboxylic acids is 1. The van der Waals surface area contributed by atoms with Gasteiger partial charge in [0.25, 0.3) is 0 Å². The molecular formula is C23H30N4O2. The highest BCUT2D eigenvalue weighted by Crippen LogP contribution is 2.31. The first-order valence-electron chi connectivity index (χ1n) is 10.6. The van der Waals surface area contributed by atoms with E-state index in [1.165, 1.54) is 18.4 Å². The zero-order valence-electron chi connectivity index (χ0n) is 16.7. The van der Waals surface area contributed by atoms with Gasteiger partial charge in [-0.05, 0) is 73.2 Å². The van der Waals surface area contributed by atoms with Gasteiger partial charge in [0.15, 0.2) is 0 Å². The Hall–Kier alpha value is -2.41. The Labute approximate surface area is 172 Å². The van der Waals surface area contributed by atoms with E-state index in [-0.39, 0.29) is 12.6 Å². The van der Waals surface area contributed by atoms with Gasteiger partial charge >= 0.3 is 5.97 Å². The van der Waals surface area contributed by atoms with Crippen molar-refractivity contribution in [1.29, 1.82) is 0 Å². The summed E-state index contributed by atoms with van der Waals surface area (Å²) in [6, 6.07) is 16.8. The van der Waals surface area contributed by atoms with Crippen LogP contribution in [0.5, 0.6) is 0 Å². The lowest BCUT2D eigenvalue weighted by Crippen LogP contribution is -2.41. The van der Waals surface area contributed by atoms with Crippen LogP contribution in [-0.4, -0.2) is 48.8 Å². The number of nitrogens with zero attached hydrogens (tertiary/aromatic N) is 1. The smallest absolute Gasteiger partial charge is 0.322 e. The van der Waals surface area contributed by atoms with Crippen LogP contribution in [0.1, 0.15) is 30.9 Å². The van der Waals surface area contributed by atoms with Crippen LogP contribution in [-0.2, 0) is 4.79 Å². The lowest BCUT2D eigenvalue weighted by Gasteiger charge is -2.28. The molecule has 2 aromatic carbocycles. The third kappa shape index (κ3) is 5.35. The molecule has 2 aliphatic rings. The van der Waals surface area contributed by atoms with Crippen LogP contribution in [0.25, 0.3) is 11.1 Å². The van der Waals surface area contributed by atoms with E-state index in [1.807, 2.05) is 24.3 Å². The van der Waals surface area contributed by atoms with E-state index >= 15 is 0 Å². The fourth-order valence-corrected chi connectivity index (χ4v) is 4.34. The van der Waals surface area contributed by atoms with E-state index < -0.39 is 5.97 Å². The van der Waals surface area contributed by atoms with Crippen molar-refractivity contribution in [3.05, 3.63) is 54.1 Å². The molecule has 6 nitrogen and oxygen atoms in total. The summed E-state index contributed by atoms with van der Waals surface area (Å²) in [5, 5.41) is 18.0. The number of hydrogen-bond acceptors (Lipinski definition) is 5. The molecule has 29 heavy (non-hydrogen) atoms. The van der Waals surface area contributed by atoms with Crippen LogP contribution < -0.4 is 16.1 Å². The minimum absolute atomic E-state index is 0.0867. The third-order valence-electron chi connectivity index (χ3n) is 5.81. The van der Waals surface area contributed by atoms with Crippen molar-refractivity contribution in [3.63, 3.8) is 0 Å². The Morgan fingerprint density at radius 1 is 1.14 bits per heavy atom. The van der Waals surface area contributed by atoms with Crippen LogP contribution in [0.3, 0.4) is 0 Å². The summed E-state index contributed by atoms with van der Waals surface area (Å²) in [4.78, 5) is 11.0. The summed E-state index contributed by atoms with van der Waals surface area (Å²) >= 11 is 0. The molecule has 4 N–H and O–H groups in total. The van der Waals surface area contributed by atoms with Crippen molar-refractivity contribution < 1.29 is 9.90 Å². The van der Waals surface area contributed by atoms with Crippen molar-refractivity contribution in [3.8, 4) is 11.1 Å². The molecule has 154 valence electrons. The molecule has 0 aromatic heterocycles. The predicted molar refractivity (Wildman–Crippen MR) is 116 cm³/mol. The van der Waals surface area contributed by atoms with E-state index in [0.717, 1.165) is 49.4 Å². The summed E-state index contributed by atoms with van der Waals surface area (Å²) in [7, 11) is 0. The molecule has 2 fully saturated rings. The molecule has 2 atom stereocenters. The third-order valence-corrected chi connectivity index (χ3v) is 5.81. The lowest BCUT2D eigenvalue weighted by molar-refractivity contribution is -0.134. The molecule has 0 spiro atoms. The number of aliphatic carboxylic acids is 1. The number of hydrogen-bond donors (Lipinski definition) is 4. The molecule has 0 amide bonds. The summed E-state index contributed by atoms with van der Waals surface area (Å²) in [6.45, 7) is 4.28. The second-order valence-corrected chi connectivity index (χ2v) is 8.09. The average molecular weight is 395 g/mol. The SMILES string of the molecule is O=C(O)CNc1cc(-c2ccccc2)cc(C2CCN(CC3CCCNC3)N2)c1. The van der Waals surface area contributed by atoms with Crippen LogP contribution in [0.2, 0.25) is 0 Å². The van der Waals surface area contributed by atoms with Gasteiger partial charge in [0.05, 0.1) is 0 Å². The van der Waals surface area contributed by atoms with E-state index in [0.29, 0.717) is 5.92 Å². The molecule has 0 radical (unpaired) electrons. The first kappa shape index (κ1) is 19.9. The van der Waals surface area contributed by atoms with E-state index in [1.54, 1.807) is 0 Å². The zero-order chi connectivity index (χ0) is 20.1. The van der Waals surface area contributed by atoms with E-state index in [4.69, 9.17) is 5.11 Å². The van der Waals surface area contributed by atoms with Crippen LogP contribution >= 0.6 is 0 Å². The Morgan fingerprint density at radius 2 is 2.00 bits per heavy atom. The molecule has 2 heterocycles. The summed E-state index contributed by atoms with van der Waals surface area (Å²) in [6.07, 6.45) is 3.61. The van der Waals surface area contributed by atoms with Gasteiger partial charge in [0, 0.05) is 24.8 Å². The maximum atomic E-state index is 11.0. The fraction of sp³-hybridized carbons (Fsp3) is 0.435. The van der Waals surface area contributed by atoms with Crippen molar-refractivity contribution in [2.45, 2.75) is 25.3 Å². The molecule has 2 saturated heterocycles. The first-order valence-corrected chi connectivity index (χ1v) is 10.6. The van der Waals surface area contributed by atoms with Gasteiger partial charge in [0.1, 0.15) is 6.54 Å². The van der Waals surface area contributed by atoms with Crippen molar-refractivity contribution in [2.24, 2.45) is 5.92 Å². The van der Waals surface area contributed by atoms with Crippen LogP contribution in [0.15, 0.2) is 48.5 Å². The van der Waals surface area contributed by atoms with Crippen molar-refractivity contribution >= 4 is 11.7 Å². The molecule has 6 heteroatoms. The van der Waals surface area contributed by atoms with Crippen LogP contribution in [0, 0.1) is 5.92 Å². The van der Waals surface area contributed by atoms with Gasteiger partial charge in [-0.1, -0.05) is 30.3 Å². The second-order valence-electron chi connectivity index (χ2n) is 8.09. The summed E-state index contributed by atoms with van der Waals surface area (Å²) in [5.74, 6) is -0.152. The number of anilines is 1. The Balaban J connectivity index is 1.51. The quantitative estimate of drug-likeness (QED) is 0.578. The Morgan fingerprint density at radius 3 is 2.76 bits per heavy atom. The number of benzene rings is 2. The number of nitrogens with one attached hydrogen (secondary N) is 3. The largest absolute Gasteiger partial charge is 0.480 e. The molecular weight excluding hydrogens is 364 g/mol. The Kier molecular flexibility index (Phi) is 6.44. The highest BCUT2D eigenvalue weighted by molar-refractivity contribution is 5.75. The van der Waals surface area contributed by atoms with E-state index in [9.17, 15) is 4.79 Å². The minimum atomic E-state index is -0.858.